The van der Waals surface area contributed by atoms with Crippen LogP contribution in [-0.4, -0.2) is 11.0 Å². The summed E-state index contributed by atoms with van der Waals surface area (Å²) in [6.45, 7) is 4.39. The highest BCUT2D eigenvalue weighted by Crippen LogP contribution is 2.32. The average Bonchev–Trinajstić information content (AvgIpc) is 2.82. The van der Waals surface area contributed by atoms with Crippen molar-refractivity contribution < 1.29 is 0 Å². The van der Waals surface area contributed by atoms with Crippen LogP contribution in [-0.2, 0) is 0 Å². The molecule has 76 valence electrons. The van der Waals surface area contributed by atoms with Gasteiger partial charge in [0.05, 0.1) is 0 Å². The van der Waals surface area contributed by atoms with Crippen LogP contribution in [0.2, 0.25) is 5.15 Å². The third-order valence-electron chi connectivity index (χ3n) is 2.83. The molecular formula is C11H15ClN2. The third kappa shape index (κ3) is 2.07. The lowest BCUT2D eigenvalue weighted by atomic mass is 10.1. The summed E-state index contributed by atoms with van der Waals surface area (Å²) in [5.74, 6) is 0.813. The molecule has 0 aliphatic heterocycles. The normalized spacial score (nSPS) is 27.4. The van der Waals surface area contributed by atoms with Crippen molar-refractivity contribution in [2.24, 2.45) is 5.92 Å². The van der Waals surface area contributed by atoms with Gasteiger partial charge < -0.3 is 5.32 Å². The van der Waals surface area contributed by atoms with E-state index in [0.717, 1.165) is 11.5 Å². The van der Waals surface area contributed by atoms with Gasteiger partial charge in [0, 0.05) is 23.8 Å². The van der Waals surface area contributed by atoms with Crippen molar-refractivity contribution in [3.05, 3.63) is 29.0 Å². The van der Waals surface area contributed by atoms with Gasteiger partial charge in [-0.25, -0.2) is 4.98 Å². The van der Waals surface area contributed by atoms with E-state index < -0.39 is 0 Å². The van der Waals surface area contributed by atoms with E-state index >= 15 is 0 Å². The van der Waals surface area contributed by atoms with Gasteiger partial charge in [0.25, 0.3) is 0 Å². The van der Waals surface area contributed by atoms with Gasteiger partial charge in [-0.2, -0.15) is 0 Å². The maximum atomic E-state index is 6.01. The van der Waals surface area contributed by atoms with Crippen LogP contribution in [0.5, 0.6) is 0 Å². The molecule has 1 heterocycles. The van der Waals surface area contributed by atoms with E-state index in [2.05, 4.69) is 24.1 Å². The molecule has 0 spiro atoms. The Morgan fingerprint density at radius 2 is 2.36 bits per heavy atom. The van der Waals surface area contributed by atoms with Crippen molar-refractivity contribution in [1.82, 2.24) is 10.3 Å². The second-order valence-electron chi connectivity index (χ2n) is 4.09. The highest BCUT2D eigenvalue weighted by atomic mass is 35.5. The zero-order valence-electron chi connectivity index (χ0n) is 8.50. The highest BCUT2D eigenvalue weighted by Gasteiger charge is 2.33. The van der Waals surface area contributed by atoms with Crippen molar-refractivity contribution in [2.75, 3.05) is 0 Å². The van der Waals surface area contributed by atoms with E-state index in [1.807, 2.05) is 12.1 Å². The molecule has 1 fully saturated rings. The summed E-state index contributed by atoms with van der Waals surface area (Å²) in [5.41, 5.74) is 1.09. The summed E-state index contributed by atoms with van der Waals surface area (Å²) >= 11 is 6.01. The van der Waals surface area contributed by atoms with Crippen LogP contribution in [0.1, 0.15) is 31.9 Å². The molecule has 0 radical (unpaired) electrons. The second kappa shape index (κ2) is 3.87. The van der Waals surface area contributed by atoms with Crippen LogP contribution < -0.4 is 5.32 Å². The zero-order valence-corrected chi connectivity index (χ0v) is 9.25. The Hall–Kier alpha value is -0.600. The minimum atomic E-state index is 0.297. The Labute approximate surface area is 89.7 Å². The van der Waals surface area contributed by atoms with Crippen LogP contribution in [0, 0.1) is 5.92 Å². The SMILES string of the molecule is CC(NC1CC1C)c1cccnc1Cl. The number of nitrogens with zero attached hydrogens (tertiary/aromatic N) is 1. The van der Waals surface area contributed by atoms with Crippen molar-refractivity contribution in [1.29, 1.82) is 0 Å². The zero-order chi connectivity index (χ0) is 10.1. The highest BCUT2D eigenvalue weighted by molar-refractivity contribution is 6.30. The van der Waals surface area contributed by atoms with Gasteiger partial charge >= 0.3 is 0 Å². The first-order valence-corrected chi connectivity index (χ1v) is 5.42. The van der Waals surface area contributed by atoms with Gasteiger partial charge in [0.15, 0.2) is 0 Å². The molecule has 1 aliphatic rings. The third-order valence-corrected chi connectivity index (χ3v) is 3.14. The van der Waals surface area contributed by atoms with Crippen molar-refractivity contribution in [3.63, 3.8) is 0 Å². The number of pyridine rings is 1. The standard InChI is InChI=1S/C11H15ClN2/c1-7-6-10(7)14-8(2)9-4-3-5-13-11(9)12/h3-5,7-8,10,14H,6H2,1-2H3. The monoisotopic (exact) mass is 210 g/mol. The van der Waals surface area contributed by atoms with Crippen LogP contribution in [0.3, 0.4) is 0 Å². The molecule has 3 unspecified atom stereocenters. The summed E-state index contributed by atoms with van der Waals surface area (Å²) in [5, 5.41) is 4.15. The molecular weight excluding hydrogens is 196 g/mol. The van der Waals surface area contributed by atoms with E-state index in [0.29, 0.717) is 17.2 Å². The Bertz CT molecular complexity index is 327. The largest absolute Gasteiger partial charge is 0.307 e. The topological polar surface area (TPSA) is 24.9 Å². The summed E-state index contributed by atoms with van der Waals surface area (Å²) < 4.78 is 0. The van der Waals surface area contributed by atoms with Gasteiger partial charge in [-0.15, -0.1) is 0 Å². The number of hydrogen-bond donors (Lipinski definition) is 1. The van der Waals surface area contributed by atoms with E-state index in [1.54, 1.807) is 6.20 Å². The molecule has 0 saturated heterocycles. The fraction of sp³-hybridized carbons (Fsp3) is 0.545. The molecule has 0 amide bonds. The average molecular weight is 211 g/mol. The number of rotatable bonds is 3. The maximum Gasteiger partial charge on any atom is 0.133 e. The number of nitrogens with one attached hydrogen (secondary N) is 1. The number of halogens is 1. The molecule has 1 aliphatic carbocycles. The van der Waals surface area contributed by atoms with E-state index in [1.165, 1.54) is 6.42 Å². The van der Waals surface area contributed by atoms with Crippen LogP contribution in [0.4, 0.5) is 0 Å². The fourth-order valence-corrected chi connectivity index (χ4v) is 1.97. The Kier molecular flexibility index (Phi) is 2.75. The first-order chi connectivity index (χ1) is 6.68. The van der Waals surface area contributed by atoms with Gasteiger partial charge in [0.2, 0.25) is 0 Å². The Morgan fingerprint density at radius 1 is 1.64 bits per heavy atom. The molecule has 3 heteroatoms. The van der Waals surface area contributed by atoms with E-state index in [4.69, 9.17) is 11.6 Å². The predicted molar refractivity (Wildman–Crippen MR) is 58.4 cm³/mol. The number of aromatic nitrogens is 1. The lowest BCUT2D eigenvalue weighted by Crippen LogP contribution is -2.22. The van der Waals surface area contributed by atoms with E-state index in [9.17, 15) is 0 Å². The minimum Gasteiger partial charge on any atom is -0.307 e. The molecule has 14 heavy (non-hydrogen) atoms. The molecule has 1 aromatic rings. The molecule has 3 atom stereocenters. The molecule has 1 saturated carbocycles. The van der Waals surface area contributed by atoms with Gasteiger partial charge in [0.1, 0.15) is 5.15 Å². The minimum absolute atomic E-state index is 0.297. The quantitative estimate of drug-likeness (QED) is 0.777. The maximum absolute atomic E-state index is 6.01. The smallest absolute Gasteiger partial charge is 0.133 e. The molecule has 1 aromatic heterocycles. The lowest BCUT2D eigenvalue weighted by molar-refractivity contribution is 0.550. The number of hydrogen-bond acceptors (Lipinski definition) is 2. The van der Waals surface area contributed by atoms with Gasteiger partial charge in [-0.1, -0.05) is 24.6 Å². The van der Waals surface area contributed by atoms with Gasteiger partial charge in [-0.05, 0) is 25.3 Å². The predicted octanol–water partition coefficient (Wildman–Crippen LogP) is 2.79. The fourth-order valence-electron chi connectivity index (χ4n) is 1.69. The summed E-state index contributed by atoms with van der Waals surface area (Å²) in [6, 6.07) is 4.92. The van der Waals surface area contributed by atoms with Gasteiger partial charge in [-0.3, -0.25) is 0 Å². The molecule has 2 rings (SSSR count). The van der Waals surface area contributed by atoms with Crippen LogP contribution >= 0.6 is 11.6 Å². The van der Waals surface area contributed by atoms with Crippen molar-refractivity contribution in [2.45, 2.75) is 32.4 Å². The second-order valence-corrected chi connectivity index (χ2v) is 4.45. The summed E-state index contributed by atoms with van der Waals surface area (Å²) in [7, 11) is 0. The first-order valence-electron chi connectivity index (χ1n) is 5.05. The summed E-state index contributed by atoms with van der Waals surface area (Å²) in [4.78, 5) is 4.07. The van der Waals surface area contributed by atoms with E-state index in [-0.39, 0.29) is 0 Å². The summed E-state index contributed by atoms with van der Waals surface area (Å²) in [6.07, 6.45) is 3.00. The molecule has 0 aromatic carbocycles. The van der Waals surface area contributed by atoms with Crippen LogP contribution in [0.25, 0.3) is 0 Å². The molecule has 1 N–H and O–H groups in total. The molecule has 2 nitrogen and oxygen atoms in total. The van der Waals surface area contributed by atoms with Crippen molar-refractivity contribution >= 4 is 11.6 Å². The van der Waals surface area contributed by atoms with Crippen LogP contribution in [0.15, 0.2) is 18.3 Å². The first kappa shape index (κ1) is 9.94. The lowest BCUT2D eigenvalue weighted by Gasteiger charge is -2.14. The Balaban J connectivity index is 2.03. The van der Waals surface area contributed by atoms with Crippen molar-refractivity contribution in [3.8, 4) is 0 Å². The molecule has 0 bridgehead atoms. The Morgan fingerprint density at radius 3 is 2.93 bits per heavy atom.